The summed E-state index contributed by atoms with van der Waals surface area (Å²) in [7, 11) is 0. The highest BCUT2D eigenvalue weighted by molar-refractivity contribution is 6.06. The molecule has 1 fully saturated rings. The summed E-state index contributed by atoms with van der Waals surface area (Å²) in [5, 5.41) is 20.8. The minimum Gasteiger partial charge on any atom is -0.387 e. The van der Waals surface area contributed by atoms with Crippen LogP contribution in [0, 0.1) is 23.1 Å². The zero-order chi connectivity index (χ0) is 28.0. The van der Waals surface area contributed by atoms with E-state index in [0.29, 0.717) is 24.1 Å². The van der Waals surface area contributed by atoms with Crippen LogP contribution in [0.4, 0.5) is 28.9 Å². The molecule has 0 radical (unpaired) electrons. The Balaban J connectivity index is 1.62. The zero-order valence-corrected chi connectivity index (χ0v) is 20.9. The highest BCUT2D eigenvalue weighted by Crippen LogP contribution is 2.32. The number of amides is 1. The van der Waals surface area contributed by atoms with Crippen molar-refractivity contribution in [3.8, 4) is 6.07 Å². The van der Waals surface area contributed by atoms with Gasteiger partial charge in [-0.3, -0.25) is 4.79 Å². The third-order valence-corrected chi connectivity index (χ3v) is 6.23. The van der Waals surface area contributed by atoms with Crippen molar-refractivity contribution in [2.24, 2.45) is 5.92 Å². The number of allylic oxidation sites excluding steroid dienone is 2. The number of halogens is 4. The van der Waals surface area contributed by atoms with E-state index in [1.165, 1.54) is 36.4 Å². The molecule has 1 heterocycles. The molecule has 1 amide bonds. The summed E-state index contributed by atoms with van der Waals surface area (Å²) in [6.07, 6.45) is 3.83. The van der Waals surface area contributed by atoms with Crippen LogP contribution in [0.15, 0.2) is 90.3 Å². The molecule has 0 aromatic heterocycles. The molecule has 1 aliphatic heterocycles. The van der Waals surface area contributed by atoms with Gasteiger partial charge in [0, 0.05) is 18.4 Å². The van der Waals surface area contributed by atoms with Gasteiger partial charge in [0.15, 0.2) is 0 Å². The van der Waals surface area contributed by atoms with Gasteiger partial charge in [-0.15, -0.1) is 0 Å². The summed E-state index contributed by atoms with van der Waals surface area (Å²) in [6, 6.07) is 11.8. The number of rotatable bonds is 10. The Kier molecular flexibility index (Phi) is 8.52. The molecule has 4 rings (SSSR count). The van der Waals surface area contributed by atoms with Gasteiger partial charge in [0.1, 0.15) is 11.5 Å². The van der Waals surface area contributed by atoms with Crippen molar-refractivity contribution < 1.29 is 22.4 Å². The lowest BCUT2D eigenvalue weighted by atomic mass is 9.97. The standard InChI is InChI=1S/C29H27F4N5O/c1-18(29(31,32)33)12-26(37-23-6-2-4-20(13-23)15-34)28(39)38-25-14-21(9-10-24(25)30)27(36-16-19-7-8-19)22-5-3-11-35-17-22/h2-6,9-10,12-14,17,19,27,35-37H,1,7-8,11,16H2,(H,38,39)/b26-12-. The Labute approximate surface area is 223 Å². The Morgan fingerprint density at radius 2 is 2.00 bits per heavy atom. The van der Waals surface area contributed by atoms with Gasteiger partial charge < -0.3 is 21.3 Å². The molecule has 202 valence electrons. The summed E-state index contributed by atoms with van der Waals surface area (Å²) < 4.78 is 54.6. The Bertz CT molecular complexity index is 1380. The number of alkyl halides is 3. The highest BCUT2D eigenvalue weighted by Gasteiger charge is 2.31. The first-order valence-corrected chi connectivity index (χ1v) is 12.3. The maximum Gasteiger partial charge on any atom is 0.415 e. The molecule has 1 aliphatic carbocycles. The van der Waals surface area contributed by atoms with Gasteiger partial charge in [0.2, 0.25) is 0 Å². The number of carbonyl (C=O) groups excluding carboxylic acids is 1. The van der Waals surface area contributed by atoms with Crippen molar-refractivity contribution in [2.75, 3.05) is 23.7 Å². The molecule has 10 heteroatoms. The summed E-state index contributed by atoms with van der Waals surface area (Å²) in [6.45, 7) is 4.46. The van der Waals surface area contributed by atoms with Gasteiger partial charge in [-0.1, -0.05) is 30.9 Å². The number of anilines is 2. The first-order chi connectivity index (χ1) is 18.6. The second-order valence-corrected chi connectivity index (χ2v) is 9.33. The average molecular weight is 538 g/mol. The SMILES string of the molecule is C=C(/C=C(\Nc1cccc(C#N)c1)C(=O)Nc1cc(C(NCC2CC2)C2=CNCC=C2)ccc1F)C(F)(F)F. The largest absolute Gasteiger partial charge is 0.415 e. The molecule has 6 nitrogen and oxygen atoms in total. The van der Waals surface area contributed by atoms with E-state index in [9.17, 15) is 22.4 Å². The van der Waals surface area contributed by atoms with Crippen LogP contribution in [0.3, 0.4) is 0 Å². The molecule has 1 saturated carbocycles. The molecule has 0 bridgehead atoms. The van der Waals surface area contributed by atoms with Crippen LogP contribution in [0.25, 0.3) is 0 Å². The van der Waals surface area contributed by atoms with Crippen molar-refractivity contribution in [2.45, 2.75) is 25.1 Å². The average Bonchev–Trinajstić information content (AvgIpc) is 3.75. The van der Waals surface area contributed by atoms with Crippen molar-refractivity contribution in [3.05, 3.63) is 107 Å². The zero-order valence-electron chi connectivity index (χ0n) is 20.9. The number of hydrogen-bond donors (Lipinski definition) is 4. The molecule has 2 aromatic rings. The fourth-order valence-electron chi connectivity index (χ4n) is 3.95. The monoisotopic (exact) mass is 537 g/mol. The number of nitriles is 1. The molecule has 0 spiro atoms. The van der Waals surface area contributed by atoms with E-state index in [1.54, 1.807) is 6.07 Å². The van der Waals surface area contributed by atoms with Crippen molar-refractivity contribution in [1.82, 2.24) is 10.6 Å². The van der Waals surface area contributed by atoms with Crippen LogP contribution in [-0.4, -0.2) is 25.2 Å². The lowest BCUT2D eigenvalue weighted by Crippen LogP contribution is -2.27. The number of dihydropyridines is 1. The Morgan fingerprint density at radius 3 is 2.67 bits per heavy atom. The van der Waals surface area contributed by atoms with Crippen LogP contribution in [0.2, 0.25) is 0 Å². The van der Waals surface area contributed by atoms with E-state index < -0.39 is 29.2 Å². The maximum absolute atomic E-state index is 14.9. The third-order valence-electron chi connectivity index (χ3n) is 6.23. The van der Waals surface area contributed by atoms with E-state index in [2.05, 4.69) is 27.8 Å². The van der Waals surface area contributed by atoms with Gasteiger partial charge in [0.25, 0.3) is 5.91 Å². The van der Waals surface area contributed by atoms with Gasteiger partial charge in [0.05, 0.1) is 28.9 Å². The van der Waals surface area contributed by atoms with Crippen LogP contribution in [0.5, 0.6) is 0 Å². The number of carbonyl (C=O) groups is 1. The molecular formula is C29H27F4N5O. The fourth-order valence-corrected chi connectivity index (χ4v) is 3.95. The molecule has 1 unspecified atom stereocenters. The van der Waals surface area contributed by atoms with E-state index in [1.807, 2.05) is 24.4 Å². The van der Waals surface area contributed by atoms with Gasteiger partial charge in [-0.2, -0.15) is 18.4 Å². The van der Waals surface area contributed by atoms with Crippen LogP contribution in [-0.2, 0) is 4.79 Å². The maximum atomic E-state index is 14.9. The topological polar surface area (TPSA) is 89.0 Å². The first kappa shape index (κ1) is 27.7. The van der Waals surface area contributed by atoms with Crippen LogP contribution in [0.1, 0.15) is 30.0 Å². The van der Waals surface area contributed by atoms with Crippen LogP contribution < -0.4 is 21.3 Å². The van der Waals surface area contributed by atoms with Gasteiger partial charge in [-0.25, -0.2) is 4.39 Å². The Hall–Kier alpha value is -4.36. The second-order valence-electron chi connectivity index (χ2n) is 9.33. The smallest absolute Gasteiger partial charge is 0.387 e. The predicted molar refractivity (Wildman–Crippen MR) is 142 cm³/mol. The van der Waals surface area contributed by atoms with Crippen molar-refractivity contribution in [1.29, 1.82) is 5.26 Å². The van der Waals surface area contributed by atoms with Crippen molar-refractivity contribution >= 4 is 17.3 Å². The highest BCUT2D eigenvalue weighted by atomic mass is 19.4. The molecule has 2 aromatic carbocycles. The molecule has 0 saturated heterocycles. The van der Waals surface area contributed by atoms with E-state index in [4.69, 9.17) is 5.26 Å². The number of nitrogens with zero attached hydrogens (tertiary/aromatic N) is 1. The van der Waals surface area contributed by atoms with E-state index in [0.717, 1.165) is 25.0 Å². The summed E-state index contributed by atoms with van der Waals surface area (Å²) in [5.41, 5.74) is 0.0336. The first-order valence-electron chi connectivity index (χ1n) is 12.3. The molecular weight excluding hydrogens is 510 g/mol. The van der Waals surface area contributed by atoms with E-state index in [-0.39, 0.29) is 23.0 Å². The third kappa shape index (κ3) is 7.58. The number of benzene rings is 2. The second kappa shape index (κ2) is 12.0. The summed E-state index contributed by atoms with van der Waals surface area (Å²) in [5.74, 6) is -1.19. The summed E-state index contributed by atoms with van der Waals surface area (Å²) >= 11 is 0. The van der Waals surface area contributed by atoms with E-state index >= 15 is 0 Å². The molecule has 39 heavy (non-hydrogen) atoms. The molecule has 1 atom stereocenters. The normalized spacial score (nSPS) is 16.0. The number of hydrogen-bond acceptors (Lipinski definition) is 5. The van der Waals surface area contributed by atoms with Crippen molar-refractivity contribution in [3.63, 3.8) is 0 Å². The van der Waals surface area contributed by atoms with Gasteiger partial charge >= 0.3 is 6.18 Å². The molecule has 2 aliphatic rings. The minimum absolute atomic E-state index is 0.194. The quantitative estimate of drug-likeness (QED) is 0.174. The number of nitrogens with one attached hydrogen (secondary N) is 4. The minimum atomic E-state index is -4.79. The molecule has 4 N–H and O–H groups in total. The lowest BCUT2D eigenvalue weighted by molar-refractivity contribution is -0.112. The van der Waals surface area contributed by atoms with Gasteiger partial charge in [-0.05, 0) is 72.8 Å². The summed E-state index contributed by atoms with van der Waals surface area (Å²) in [4.78, 5) is 13.2. The lowest BCUT2D eigenvalue weighted by Gasteiger charge is -2.23. The van der Waals surface area contributed by atoms with Crippen LogP contribution >= 0.6 is 0 Å². The predicted octanol–water partition coefficient (Wildman–Crippen LogP) is 5.83. The Morgan fingerprint density at radius 1 is 1.21 bits per heavy atom. The fraction of sp³-hybridized carbons (Fsp3) is 0.241.